The smallest absolute Gasteiger partial charge is 0.242 e. The molecule has 0 fully saturated rings. The average molecular weight is 443 g/mol. The van der Waals surface area contributed by atoms with Gasteiger partial charge in [0.15, 0.2) is 0 Å². The van der Waals surface area contributed by atoms with Gasteiger partial charge in [-0.15, -0.1) is 6.58 Å². The van der Waals surface area contributed by atoms with E-state index in [0.717, 1.165) is 17.6 Å². The van der Waals surface area contributed by atoms with Crippen molar-refractivity contribution in [2.24, 2.45) is 17.8 Å². The summed E-state index contributed by atoms with van der Waals surface area (Å²) in [6.45, 7) is 13.8. The SMILES string of the molecule is C=C(C)C[C@H](CO)NC(=O)[C@H](CC(C)C)NC(=O)[C@@H](C/C=C/c1ccccc1)CC(C)C. The Balaban J connectivity index is 2.88. The van der Waals surface area contributed by atoms with Crippen molar-refractivity contribution in [1.29, 1.82) is 0 Å². The molecule has 0 heterocycles. The van der Waals surface area contributed by atoms with E-state index in [1.54, 1.807) is 0 Å². The summed E-state index contributed by atoms with van der Waals surface area (Å²) in [6, 6.07) is 8.98. The van der Waals surface area contributed by atoms with Gasteiger partial charge in [0.1, 0.15) is 6.04 Å². The minimum atomic E-state index is -0.630. The Labute approximate surface area is 194 Å². The van der Waals surface area contributed by atoms with Crippen molar-refractivity contribution in [3.63, 3.8) is 0 Å². The molecule has 0 saturated heterocycles. The van der Waals surface area contributed by atoms with Crippen LogP contribution in [0.4, 0.5) is 0 Å². The maximum absolute atomic E-state index is 13.2. The fourth-order valence-corrected chi connectivity index (χ4v) is 3.69. The maximum Gasteiger partial charge on any atom is 0.242 e. The Kier molecular flexibility index (Phi) is 12.6. The van der Waals surface area contributed by atoms with Gasteiger partial charge in [0.2, 0.25) is 11.8 Å². The summed E-state index contributed by atoms with van der Waals surface area (Å²) in [7, 11) is 0. The van der Waals surface area contributed by atoms with E-state index in [4.69, 9.17) is 0 Å². The van der Waals surface area contributed by atoms with Gasteiger partial charge >= 0.3 is 0 Å². The van der Waals surface area contributed by atoms with Crippen LogP contribution in [-0.4, -0.2) is 35.6 Å². The van der Waals surface area contributed by atoms with Crippen LogP contribution in [0.1, 0.15) is 65.9 Å². The topological polar surface area (TPSA) is 78.4 Å². The minimum Gasteiger partial charge on any atom is -0.394 e. The van der Waals surface area contributed by atoms with Gasteiger partial charge in [0.05, 0.1) is 12.6 Å². The molecular weight excluding hydrogens is 400 g/mol. The molecule has 0 aliphatic rings. The molecule has 0 unspecified atom stereocenters. The Morgan fingerprint density at radius 1 is 1.00 bits per heavy atom. The number of nitrogens with one attached hydrogen (secondary N) is 2. The van der Waals surface area contributed by atoms with E-state index >= 15 is 0 Å². The fourth-order valence-electron chi connectivity index (χ4n) is 3.69. The molecule has 1 aromatic carbocycles. The first-order valence-electron chi connectivity index (χ1n) is 11.7. The zero-order chi connectivity index (χ0) is 24.1. The molecule has 0 aliphatic heterocycles. The molecule has 2 amide bonds. The molecule has 0 saturated carbocycles. The Hall–Kier alpha value is -2.40. The minimum absolute atomic E-state index is 0.0994. The highest BCUT2D eigenvalue weighted by Gasteiger charge is 2.27. The van der Waals surface area contributed by atoms with Gasteiger partial charge in [-0.25, -0.2) is 0 Å². The summed E-state index contributed by atoms with van der Waals surface area (Å²) in [4.78, 5) is 26.1. The normalized spacial score (nSPS) is 14.4. The van der Waals surface area contributed by atoms with Crippen LogP contribution < -0.4 is 10.6 Å². The first-order chi connectivity index (χ1) is 15.1. The van der Waals surface area contributed by atoms with E-state index < -0.39 is 12.1 Å². The van der Waals surface area contributed by atoms with Crippen molar-refractivity contribution >= 4 is 17.9 Å². The van der Waals surface area contributed by atoms with Gasteiger partial charge in [-0.05, 0) is 50.0 Å². The zero-order valence-corrected chi connectivity index (χ0v) is 20.4. The van der Waals surface area contributed by atoms with Gasteiger partial charge in [0, 0.05) is 5.92 Å². The molecule has 5 nitrogen and oxygen atoms in total. The van der Waals surface area contributed by atoms with Gasteiger partial charge in [0.25, 0.3) is 0 Å². The predicted molar refractivity (Wildman–Crippen MR) is 133 cm³/mol. The third-order valence-corrected chi connectivity index (χ3v) is 5.16. The lowest BCUT2D eigenvalue weighted by Crippen LogP contribution is -2.52. The third kappa shape index (κ3) is 11.3. The van der Waals surface area contributed by atoms with Crippen molar-refractivity contribution in [2.75, 3.05) is 6.61 Å². The summed E-state index contributed by atoms with van der Waals surface area (Å²) in [6.07, 6.45) is 6.47. The van der Waals surface area contributed by atoms with Crippen LogP contribution in [0.2, 0.25) is 0 Å². The van der Waals surface area contributed by atoms with Crippen molar-refractivity contribution in [2.45, 2.75) is 72.4 Å². The molecule has 178 valence electrons. The van der Waals surface area contributed by atoms with Gasteiger partial charge < -0.3 is 15.7 Å². The number of hydrogen-bond donors (Lipinski definition) is 3. The molecule has 1 rings (SSSR count). The average Bonchev–Trinajstić information content (AvgIpc) is 2.71. The number of carbonyl (C=O) groups is 2. The second-order valence-electron chi connectivity index (χ2n) is 9.62. The Morgan fingerprint density at radius 3 is 2.16 bits per heavy atom. The van der Waals surface area contributed by atoms with Crippen LogP contribution in [0.25, 0.3) is 6.08 Å². The van der Waals surface area contributed by atoms with Gasteiger partial charge in [-0.2, -0.15) is 0 Å². The summed E-state index contributed by atoms with van der Waals surface area (Å²) < 4.78 is 0. The highest BCUT2D eigenvalue weighted by Crippen LogP contribution is 2.18. The van der Waals surface area contributed by atoms with Crippen LogP contribution in [-0.2, 0) is 9.59 Å². The highest BCUT2D eigenvalue weighted by atomic mass is 16.3. The number of aliphatic hydroxyl groups is 1. The quantitative estimate of drug-likeness (QED) is 0.365. The van der Waals surface area contributed by atoms with Crippen LogP contribution in [0.3, 0.4) is 0 Å². The second kappa shape index (κ2) is 14.6. The second-order valence-corrected chi connectivity index (χ2v) is 9.62. The molecule has 0 aromatic heterocycles. The molecule has 1 aromatic rings. The van der Waals surface area contributed by atoms with Crippen LogP contribution in [0.15, 0.2) is 48.6 Å². The monoisotopic (exact) mass is 442 g/mol. The van der Waals surface area contributed by atoms with Crippen LogP contribution in [0.5, 0.6) is 0 Å². The van der Waals surface area contributed by atoms with Crippen molar-refractivity contribution in [1.82, 2.24) is 10.6 Å². The van der Waals surface area contributed by atoms with Crippen molar-refractivity contribution < 1.29 is 14.7 Å². The number of amides is 2. The van der Waals surface area contributed by atoms with E-state index in [1.807, 2.05) is 63.3 Å². The lowest BCUT2D eigenvalue weighted by molar-refractivity contribution is -0.132. The Bertz CT molecular complexity index is 741. The van der Waals surface area contributed by atoms with E-state index in [-0.39, 0.29) is 30.3 Å². The largest absolute Gasteiger partial charge is 0.394 e. The van der Waals surface area contributed by atoms with Crippen LogP contribution in [0, 0.1) is 17.8 Å². The molecule has 0 aliphatic carbocycles. The number of allylic oxidation sites excluding steroid dienone is 1. The first kappa shape index (κ1) is 27.6. The first-order valence-corrected chi connectivity index (χ1v) is 11.7. The molecule has 3 atom stereocenters. The van der Waals surface area contributed by atoms with Gasteiger partial charge in [-0.3, -0.25) is 9.59 Å². The number of benzene rings is 1. The zero-order valence-electron chi connectivity index (χ0n) is 20.4. The van der Waals surface area contributed by atoms with Crippen molar-refractivity contribution in [3.8, 4) is 0 Å². The lowest BCUT2D eigenvalue weighted by atomic mass is 9.92. The van der Waals surface area contributed by atoms with E-state index in [1.165, 1.54) is 0 Å². The number of hydrogen-bond acceptors (Lipinski definition) is 3. The van der Waals surface area contributed by atoms with E-state index in [0.29, 0.717) is 25.2 Å². The van der Waals surface area contributed by atoms with Crippen LogP contribution >= 0.6 is 0 Å². The summed E-state index contributed by atoms with van der Waals surface area (Å²) in [5.74, 6) is 0.0403. The highest BCUT2D eigenvalue weighted by molar-refractivity contribution is 5.88. The fraction of sp³-hybridized carbons (Fsp3) is 0.556. The summed E-state index contributed by atoms with van der Waals surface area (Å²) >= 11 is 0. The molecule has 32 heavy (non-hydrogen) atoms. The third-order valence-electron chi connectivity index (χ3n) is 5.16. The summed E-state index contributed by atoms with van der Waals surface area (Å²) in [5, 5.41) is 15.5. The summed E-state index contributed by atoms with van der Waals surface area (Å²) in [5.41, 5.74) is 1.98. The molecule has 0 radical (unpaired) electrons. The lowest BCUT2D eigenvalue weighted by Gasteiger charge is -2.26. The van der Waals surface area contributed by atoms with E-state index in [9.17, 15) is 14.7 Å². The number of carbonyl (C=O) groups excluding carboxylic acids is 2. The van der Waals surface area contributed by atoms with Gasteiger partial charge in [-0.1, -0.05) is 75.8 Å². The predicted octanol–water partition coefficient (Wildman–Crippen LogP) is 4.73. The molecule has 3 N–H and O–H groups in total. The van der Waals surface area contributed by atoms with E-state index in [2.05, 4.69) is 31.1 Å². The molecule has 5 heteroatoms. The molecule has 0 bridgehead atoms. The molecular formula is C27H42N2O3. The van der Waals surface area contributed by atoms with Crippen molar-refractivity contribution in [3.05, 3.63) is 54.1 Å². The number of rotatable bonds is 14. The maximum atomic E-state index is 13.2. The molecule has 0 spiro atoms. The Morgan fingerprint density at radius 2 is 1.62 bits per heavy atom. The standard InChI is InChI=1S/C27H42N2O3/c1-19(2)15-23(14-10-13-22-11-8-7-9-12-22)26(31)29-25(17-21(5)6)27(32)28-24(18-30)16-20(3)4/h7-13,19,21,23-25,30H,3,14-18H2,1-2,4-6H3,(H,28,32)(H,29,31)/b13-10+/t23-,24+,25-/m0/s1. The number of aliphatic hydroxyl groups excluding tert-OH is 1.